The number of rotatable bonds is 6. The first-order valence-corrected chi connectivity index (χ1v) is 10.3. The van der Waals surface area contributed by atoms with Gasteiger partial charge in [0.05, 0.1) is 12.5 Å². The van der Waals surface area contributed by atoms with E-state index in [-0.39, 0.29) is 22.1 Å². The highest BCUT2D eigenvalue weighted by Gasteiger charge is 2.48. The molecule has 1 heterocycles. The highest BCUT2D eigenvalue weighted by molar-refractivity contribution is 7.14. The lowest BCUT2D eigenvalue weighted by molar-refractivity contribution is -0.119. The molecule has 2 aromatic carbocycles. The Morgan fingerprint density at radius 3 is 2.21 bits per heavy atom. The third kappa shape index (κ3) is 3.40. The van der Waals surface area contributed by atoms with Crippen molar-refractivity contribution in [3.8, 4) is 27.3 Å². The standard InChI is InChI=1S/C24H21FO3S/c1-14(26)20-13-22(25)29-23(20)17-6-9-19(21(12-17)28-3)16-4-7-18(8-5-16)24(10-11-24)15(2)27/h4-9,12-13H,10-11H2,1-3H3. The van der Waals surface area contributed by atoms with Gasteiger partial charge >= 0.3 is 0 Å². The summed E-state index contributed by atoms with van der Waals surface area (Å²) in [5, 5.41) is -0.386. The van der Waals surface area contributed by atoms with Crippen molar-refractivity contribution in [2.45, 2.75) is 32.1 Å². The zero-order valence-corrected chi connectivity index (χ0v) is 17.4. The van der Waals surface area contributed by atoms with Crippen LogP contribution in [-0.4, -0.2) is 18.7 Å². The quantitative estimate of drug-likeness (QED) is 0.466. The fraction of sp³-hybridized carbons (Fsp3) is 0.250. The number of ketones is 2. The molecule has 1 saturated carbocycles. The van der Waals surface area contributed by atoms with Crippen LogP contribution in [0.2, 0.25) is 0 Å². The van der Waals surface area contributed by atoms with E-state index in [2.05, 4.69) is 0 Å². The van der Waals surface area contributed by atoms with E-state index in [1.807, 2.05) is 42.5 Å². The summed E-state index contributed by atoms with van der Waals surface area (Å²) in [4.78, 5) is 24.4. The van der Waals surface area contributed by atoms with Crippen LogP contribution in [0.4, 0.5) is 4.39 Å². The minimum atomic E-state index is -0.386. The van der Waals surface area contributed by atoms with Gasteiger partial charge in [0, 0.05) is 16.0 Å². The third-order valence-corrected chi connectivity index (χ3v) is 6.69. The number of Topliss-reactive ketones (excluding diaryl/α,β-unsaturated/α-hetero) is 2. The molecule has 1 aliphatic carbocycles. The zero-order valence-electron chi connectivity index (χ0n) is 16.5. The van der Waals surface area contributed by atoms with E-state index >= 15 is 0 Å². The van der Waals surface area contributed by atoms with E-state index in [9.17, 15) is 14.0 Å². The Morgan fingerprint density at radius 2 is 1.66 bits per heavy atom. The smallest absolute Gasteiger partial charge is 0.177 e. The monoisotopic (exact) mass is 408 g/mol. The predicted molar refractivity (Wildman–Crippen MR) is 113 cm³/mol. The maximum atomic E-state index is 13.8. The van der Waals surface area contributed by atoms with E-state index in [0.29, 0.717) is 16.2 Å². The molecule has 0 N–H and O–H groups in total. The summed E-state index contributed by atoms with van der Waals surface area (Å²) < 4.78 is 19.4. The van der Waals surface area contributed by atoms with Crippen molar-refractivity contribution < 1.29 is 18.7 Å². The van der Waals surface area contributed by atoms with Gasteiger partial charge in [-0.05, 0) is 55.5 Å². The molecule has 0 radical (unpaired) electrons. The molecule has 0 spiro atoms. The van der Waals surface area contributed by atoms with Crippen LogP contribution in [0.5, 0.6) is 5.75 Å². The van der Waals surface area contributed by atoms with Gasteiger partial charge in [-0.15, -0.1) is 11.3 Å². The second-order valence-electron chi connectivity index (χ2n) is 7.48. The molecular formula is C24H21FO3S. The van der Waals surface area contributed by atoms with Gasteiger partial charge in [-0.3, -0.25) is 9.59 Å². The molecule has 4 rings (SSSR count). The first-order valence-electron chi connectivity index (χ1n) is 9.46. The number of carbonyl (C=O) groups excluding carboxylic acids is 2. The van der Waals surface area contributed by atoms with E-state index in [1.165, 1.54) is 13.0 Å². The molecule has 0 unspecified atom stereocenters. The van der Waals surface area contributed by atoms with E-state index < -0.39 is 0 Å². The van der Waals surface area contributed by atoms with E-state index in [1.54, 1.807) is 14.0 Å². The number of methoxy groups -OCH3 is 1. The molecular weight excluding hydrogens is 387 g/mol. The fourth-order valence-electron chi connectivity index (χ4n) is 3.85. The van der Waals surface area contributed by atoms with E-state index in [4.69, 9.17) is 4.74 Å². The van der Waals surface area contributed by atoms with Crippen LogP contribution >= 0.6 is 11.3 Å². The number of benzene rings is 2. The number of carbonyl (C=O) groups is 2. The van der Waals surface area contributed by atoms with Gasteiger partial charge in [0.15, 0.2) is 10.9 Å². The Morgan fingerprint density at radius 1 is 1.00 bits per heavy atom. The van der Waals surface area contributed by atoms with Crippen molar-refractivity contribution in [1.82, 2.24) is 0 Å². The van der Waals surface area contributed by atoms with E-state index in [0.717, 1.165) is 46.4 Å². The number of hydrogen-bond acceptors (Lipinski definition) is 4. The zero-order chi connectivity index (χ0) is 20.8. The number of hydrogen-bond donors (Lipinski definition) is 0. The van der Waals surface area contributed by atoms with Crippen LogP contribution in [-0.2, 0) is 10.2 Å². The van der Waals surface area contributed by atoms with Crippen LogP contribution in [0, 0.1) is 5.13 Å². The molecule has 0 bridgehead atoms. The average molecular weight is 408 g/mol. The molecule has 1 aliphatic rings. The van der Waals surface area contributed by atoms with Crippen LogP contribution in [0.1, 0.15) is 42.6 Å². The van der Waals surface area contributed by atoms with Crippen molar-refractivity contribution in [2.75, 3.05) is 7.11 Å². The van der Waals surface area contributed by atoms with Crippen LogP contribution < -0.4 is 4.74 Å². The summed E-state index contributed by atoms with van der Waals surface area (Å²) in [5.41, 5.74) is 3.77. The average Bonchev–Trinajstić information content (AvgIpc) is 3.44. The second kappa shape index (κ2) is 7.23. The minimum Gasteiger partial charge on any atom is -0.496 e. The van der Waals surface area contributed by atoms with Crippen LogP contribution in [0.3, 0.4) is 0 Å². The van der Waals surface area contributed by atoms with Crippen LogP contribution in [0.25, 0.3) is 21.6 Å². The fourth-order valence-corrected chi connectivity index (χ4v) is 4.77. The number of ether oxygens (including phenoxy) is 1. The van der Waals surface area contributed by atoms with Crippen molar-refractivity contribution >= 4 is 22.9 Å². The summed E-state index contributed by atoms with van der Waals surface area (Å²) >= 11 is 0.956. The topological polar surface area (TPSA) is 43.4 Å². The lowest BCUT2D eigenvalue weighted by Gasteiger charge is -2.14. The summed E-state index contributed by atoms with van der Waals surface area (Å²) in [6.07, 6.45) is 1.82. The minimum absolute atomic E-state index is 0.168. The molecule has 1 aromatic heterocycles. The van der Waals surface area contributed by atoms with Crippen molar-refractivity contribution in [3.05, 3.63) is 64.8 Å². The normalized spacial score (nSPS) is 14.5. The SMILES string of the molecule is COc1cc(-c2sc(F)cc2C(C)=O)ccc1-c1ccc(C2(C(C)=O)CC2)cc1. The summed E-state index contributed by atoms with van der Waals surface area (Å²) in [7, 11) is 1.59. The van der Waals surface area contributed by atoms with Gasteiger partial charge in [0.2, 0.25) is 0 Å². The maximum Gasteiger partial charge on any atom is 0.177 e. The second-order valence-corrected chi connectivity index (χ2v) is 8.48. The highest BCUT2D eigenvalue weighted by Crippen LogP contribution is 2.49. The van der Waals surface area contributed by atoms with Gasteiger partial charge in [-0.2, -0.15) is 4.39 Å². The van der Waals surface area contributed by atoms with Crippen molar-refractivity contribution in [3.63, 3.8) is 0 Å². The maximum absolute atomic E-state index is 13.8. The van der Waals surface area contributed by atoms with Crippen molar-refractivity contribution in [2.24, 2.45) is 0 Å². The lowest BCUT2D eigenvalue weighted by Crippen LogP contribution is -2.16. The summed E-state index contributed by atoms with van der Waals surface area (Å²) in [5.74, 6) is 0.696. The largest absolute Gasteiger partial charge is 0.496 e. The summed E-state index contributed by atoms with van der Waals surface area (Å²) in [6.45, 7) is 3.09. The molecule has 0 amide bonds. The first kappa shape index (κ1) is 19.5. The van der Waals surface area contributed by atoms with Gasteiger partial charge in [-0.25, -0.2) is 0 Å². The van der Waals surface area contributed by atoms with Crippen LogP contribution in [0.15, 0.2) is 48.5 Å². The Hall–Kier alpha value is -2.79. The Labute approximate surface area is 173 Å². The molecule has 3 nitrogen and oxygen atoms in total. The Balaban J connectivity index is 1.71. The molecule has 148 valence electrons. The molecule has 5 heteroatoms. The summed E-state index contributed by atoms with van der Waals surface area (Å²) in [6, 6.07) is 14.9. The molecule has 3 aromatic rings. The molecule has 1 fully saturated rings. The van der Waals surface area contributed by atoms with Gasteiger partial charge in [-0.1, -0.05) is 36.4 Å². The van der Waals surface area contributed by atoms with Gasteiger partial charge in [0.1, 0.15) is 11.5 Å². The van der Waals surface area contributed by atoms with Gasteiger partial charge < -0.3 is 4.74 Å². The van der Waals surface area contributed by atoms with Gasteiger partial charge in [0.25, 0.3) is 0 Å². The number of thiophene rings is 1. The molecule has 29 heavy (non-hydrogen) atoms. The molecule has 0 saturated heterocycles. The molecule has 0 aliphatic heterocycles. The number of halogens is 1. The van der Waals surface area contributed by atoms with Crippen molar-refractivity contribution in [1.29, 1.82) is 0 Å². The Kier molecular flexibility index (Phi) is 4.87. The Bertz CT molecular complexity index is 1110. The highest BCUT2D eigenvalue weighted by atomic mass is 32.1. The third-order valence-electron chi connectivity index (χ3n) is 5.72. The predicted octanol–water partition coefficient (Wildman–Crippen LogP) is 6.05. The molecule has 0 atom stereocenters. The lowest BCUT2D eigenvalue weighted by atomic mass is 9.90. The first-order chi connectivity index (χ1) is 13.9.